The van der Waals surface area contributed by atoms with Crippen LogP contribution in [0.4, 0.5) is 0 Å². The van der Waals surface area contributed by atoms with Gasteiger partial charge in [0.05, 0.1) is 0 Å². The van der Waals surface area contributed by atoms with Crippen molar-refractivity contribution in [1.29, 1.82) is 0 Å². The molecule has 0 saturated heterocycles. The highest BCUT2D eigenvalue weighted by Gasteiger charge is 2.21. The van der Waals surface area contributed by atoms with Gasteiger partial charge in [0.1, 0.15) is 11.2 Å². The molecule has 8 aromatic carbocycles. The smallest absolute Gasteiger partial charge is 0.136 e. The lowest BCUT2D eigenvalue weighted by Crippen LogP contribution is -1.93. The first-order valence-electron chi connectivity index (χ1n) is 14.8. The lowest BCUT2D eigenvalue weighted by molar-refractivity contribution is 0.669. The van der Waals surface area contributed by atoms with Crippen molar-refractivity contribution in [1.82, 2.24) is 0 Å². The fourth-order valence-electron chi connectivity index (χ4n) is 7.09. The molecule has 0 spiro atoms. The van der Waals surface area contributed by atoms with Gasteiger partial charge in [-0.3, -0.25) is 0 Å². The zero-order valence-electron chi connectivity index (χ0n) is 23.4. The summed E-state index contributed by atoms with van der Waals surface area (Å²) in [7, 11) is 0. The van der Waals surface area contributed by atoms with Crippen LogP contribution in [-0.4, -0.2) is 0 Å². The third-order valence-electron chi connectivity index (χ3n) is 8.88. The van der Waals surface area contributed by atoms with Crippen molar-refractivity contribution >= 4 is 54.3 Å². The Labute approximate surface area is 249 Å². The Hall–Kier alpha value is -5.66. The Morgan fingerprint density at radius 3 is 1.53 bits per heavy atom. The van der Waals surface area contributed by atoms with Crippen LogP contribution in [0, 0.1) is 0 Å². The maximum Gasteiger partial charge on any atom is 0.136 e. The standard InChI is InChI=1S/C42H26O/c1-2-13-27(14-3-1)28-20-10-22-34(40(28)37-24-12-26-39-42(37)36-19-8-9-25-38(36)43-39)35-23-11-21-33-31-16-5-4-15-29(31)30-17-6-7-18-32(30)41(33)35/h1-26H. The lowest BCUT2D eigenvalue weighted by atomic mass is 9.83. The highest BCUT2D eigenvalue weighted by atomic mass is 16.3. The molecule has 0 N–H and O–H groups in total. The molecule has 0 bridgehead atoms. The maximum absolute atomic E-state index is 6.38. The summed E-state index contributed by atoms with van der Waals surface area (Å²) in [6, 6.07) is 56.8. The largest absolute Gasteiger partial charge is 0.456 e. The number of para-hydroxylation sites is 1. The summed E-state index contributed by atoms with van der Waals surface area (Å²) in [6.07, 6.45) is 0. The second kappa shape index (κ2) is 9.44. The zero-order valence-corrected chi connectivity index (χ0v) is 23.4. The Balaban J connectivity index is 1.48. The summed E-state index contributed by atoms with van der Waals surface area (Å²) in [4.78, 5) is 0. The second-order valence-electron chi connectivity index (χ2n) is 11.2. The molecule has 0 fully saturated rings. The molecule has 1 heterocycles. The predicted octanol–water partition coefficient (Wildman–Crippen LogP) is 12.0. The van der Waals surface area contributed by atoms with E-state index in [9.17, 15) is 0 Å². The minimum atomic E-state index is 0.905. The molecule has 9 rings (SSSR count). The molecule has 0 aliphatic carbocycles. The summed E-state index contributed by atoms with van der Waals surface area (Å²) in [5.41, 5.74) is 9.06. The van der Waals surface area contributed by atoms with Gasteiger partial charge in [0.2, 0.25) is 0 Å². The molecule has 0 radical (unpaired) electrons. The highest BCUT2D eigenvalue weighted by Crippen LogP contribution is 2.48. The van der Waals surface area contributed by atoms with Gasteiger partial charge in [0, 0.05) is 10.8 Å². The molecular weight excluding hydrogens is 520 g/mol. The SMILES string of the molecule is c1ccc(-c2cccc(-c3cccc4c5ccccc5c5ccccc5c34)c2-c2cccc3oc4ccccc4c23)cc1. The summed E-state index contributed by atoms with van der Waals surface area (Å²) < 4.78 is 6.38. The van der Waals surface area contributed by atoms with E-state index >= 15 is 0 Å². The summed E-state index contributed by atoms with van der Waals surface area (Å²) in [5.74, 6) is 0. The van der Waals surface area contributed by atoms with Crippen LogP contribution in [0.3, 0.4) is 0 Å². The molecule has 0 unspecified atom stereocenters. The van der Waals surface area contributed by atoms with Crippen LogP contribution in [0.2, 0.25) is 0 Å². The van der Waals surface area contributed by atoms with Gasteiger partial charge in [0.15, 0.2) is 0 Å². The van der Waals surface area contributed by atoms with Crippen LogP contribution in [0.15, 0.2) is 162 Å². The molecule has 1 heteroatoms. The van der Waals surface area contributed by atoms with E-state index in [1.165, 1.54) is 65.7 Å². The maximum atomic E-state index is 6.38. The van der Waals surface area contributed by atoms with Gasteiger partial charge in [-0.25, -0.2) is 0 Å². The molecule has 0 aliphatic heterocycles. The van der Waals surface area contributed by atoms with Crippen LogP contribution in [0.25, 0.3) is 87.6 Å². The number of furan rings is 1. The van der Waals surface area contributed by atoms with Gasteiger partial charge in [-0.05, 0) is 77.8 Å². The third kappa shape index (κ3) is 3.58. The molecule has 43 heavy (non-hydrogen) atoms. The normalized spacial score (nSPS) is 11.7. The van der Waals surface area contributed by atoms with E-state index in [4.69, 9.17) is 4.42 Å². The predicted molar refractivity (Wildman–Crippen MR) is 183 cm³/mol. The zero-order chi connectivity index (χ0) is 28.3. The van der Waals surface area contributed by atoms with Crippen LogP contribution >= 0.6 is 0 Å². The minimum Gasteiger partial charge on any atom is -0.456 e. The van der Waals surface area contributed by atoms with Gasteiger partial charge in [-0.1, -0.05) is 146 Å². The van der Waals surface area contributed by atoms with Crippen molar-refractivity contribution in [2.24, 2.45) is 0 Å². The van der Waals surface area contributed by atoms with Crippen LogP contribution in [-0.2, 0) is 0 Å². The van der Waals surface area contributed by atoms with Crippen molar-refractivity contribution in [3.63, 3.8) is 0 Å². The fraction of sp³-hybridized carbons (Fsp3) is 0. The van der Waals surface area contributed by atoms with Gasteiger partial charge in [0.25, 0.3) is 0 Å². The lowest BCUT2D eigenvalue weighted by Gasteiger charge is -2.20. The highest BCUT2D eigenvalue weighted by molar-refractivity contribution is 6.29. The van der Waals surface area contributed by atoms with E-state index in [-0.39, 0.29) is 0 Å². The minimum absolute atomic E-state index is 0.905. The molecule has 1 aromatic heterocycles. The van der Waals surface area contributed by atoms with Crippen LogP contribution in [0.5, 0.6) is 0 Å². The Kier molecular flexibility index (Phi) is 5.27. The van der Waals surface area contributed by atoms with Crippen LogP contribution < -0.4 is 0 Å². The Bertz CT molecular complexity index is 2450. The van der Waals surface area contributed by atoms with E-state index < -0.39 is 0 Å². The van der Waals surface area contributed by atoms with E-state index in [1.807, 2.05) is 6.07 Å². The first kappa shape index (κ1) is 24.0. The van der Waals surface area contributed by atoms with Crippen molar-refractivity contribution < 1.29 is 4.42 Å². The van der Waals surface area contributed by atoms with Gasteiger partial charge in [-0.2, -0.15) is 0 Å². The summed E-state index contributed by atoms with van der Waals surface area (Å²) in [6.45, 7) is 0. The topological polar surface area (TPSA) is 13.1 Å². The molecule has 0 saturated carbocycles. The monoisotopic (exact) mass is 546 g/mol. The van der Waals surface area contributed by atoms with Gasteiger partial charge >= 0.3 is 0 Å². The molecular formula is C42H26O. The average Bonchev–Trinajstić information content (AvgIpc) is 3.47. The fourth-order valence-corrected chi connectivity index (χ4v) is 7.09. The van der Waals surface area contributed by atoms with Crippen molar-refractivity contribution in [2.45, 2.75) is 0 Å². The van der Waals surface area contributed by atoms with Gasteiger partial charge < -0.3 is 4.42 Å². The first-order valence-corrected chi connectivity index (χ1v) is 14.8. The second-order valence-corrected chi connectivity index (χ2v) is 11.2. The average molecular weight is 547 g/mol. The van der Waals surface area contributed by atoms with Crippen molar-refractivity contribution in [3.8, 4) is 33.4 Å². The first-order chi connectivity index (χ1) is 21.4. The van der Waals surface area contributed by atoms with Crippen molar-refractivity contribution in [2.75, 3.05) is 0 Å². The number of hydrogen-bond donors (Lipinski definition) is 0. The molecule has 0 aliphatic rings. The van der Waals surface area contributed by atoms with Crippen molar-refractivity contribution in [3.05, 3.63) is 158 Å². The molecule has 1 nitrogen and oxygen atoms in total. The van der Waals surface area contributed by atoms with E-state index in [1.54, 1.807) is 0 Å². The van der Waals surface area contributed by atoms with E-state index in [0.29, 0.717) is 0 Å². The van der Waals surface area contributed by atoms with E-state index in [2.05, 4.69) is 152 Å². The quantitative estimate of drug-likeness (QED) is 0.201. The number of benzene rings is 8. The molecule has 200 valence electrons. The van der Waals surface area contributed by atoms with Gasteiger partial charge in [-0.15, -0.1) is 0 Å². The summed E-state index contributed by atoms with van der Waals surface area (Å²) in [5, 5.41) is 9.96. The van der Waals surface area contributed by atoms with E-state index in [0.717, 1.165) is 21.9 Å². The molecule has 0 amide bonds. The third-order valence-corrected chi connectivity index (χ3v) is 8.88. The Morgan fingerprint density at radius 1 is 0.279 bits per heavy atom. The number of hydrogen-bond acceptors (Lipinski definition) is 1. The molecule has 9 aromatic rings. The summed E-state index contributed by atoms with van der Waals surface area (Å²) >= 11 is 0. The van der Waals surface area contributed by atoms with Crippen LogP contribution in [0.1, 0.15) is 0 Å². The molecule has 0 atom stereocenters. The number of rotatable bonds is 3. The Morgan fingerprint density at radius 2 is 0.767 bits per heavy atom. The number of fused-ring (bicyclic) bond motifs is 9.